The van der Waals surface area contributed by atoms with E-state index in [-0.39, 0.29) is 16.5 Å². The molecular weight excluding hydrogens is 689 g/mol. The number of furan rings is 1. The van der Waals surface area contributed by atoms with Crippen molar-refractivity contribution in [2.24, 2.45) is 0 Å². The average Bonchev–Trinajstić information content (AvgIpc) is 3.59. The van der Waals surface area contributed by atoms with Gasteiger partial charge in [-0.2, -0.15) is 0 Å². The van der Waals surface area contributed by atoms with Crippen LogP contribution in [0.1, 0.15) is 28.8 Å². The molecule has 0 saturated heterocycles. The number of rotatable bonds is 4. The Morgan fingerprint density at radius 2 is 0.965 bits per heavy atom. The molecule has 0 aliphatic carbocycles. The smallest absolute Gasteiger partial charge is 0.136 e. The van der Waals surface area contributed by atoms with Crippen molar-refractivity contribution >= 4 is 75.8 Å². The molecule has 0 fully saturated rings. The minimum atomic E-state index is -0.910. The summed E-state index contributed by atoms with van der Waals surface area (Å²) in [5.74, 6) is 0. The van der Waals surface area contributed by atoms with Crippen LogP contribution in [0.5, 0.6) is 0 Å². The van der Waals surface area contributed by atoms with Gasteiger partial charge in [-0.05, 0) is 123 Å². The lowest BCUT2D eigenvalue weighted by atomic mass is 9.84. The van der Waals surface area contributed by atoms with Gasteiger partial charge in [0.2, 0.25) is 0 Å². The third-order valence-corrected chi connectivity index (χ3v) is 10.5. The van der Waals surface area contributed by atoms with Crippen molar-refractivity contribution in [1.82, 2.24) is 0 Å². The zero-order chi connectivity index (χ0) is 55.7. The number of benzene rings is 11. The zero-order valence-electron chi connectivity index (χ0n) is 50.4. The number of fused-ring (bicyclic) bond motifs is 8. The van der Waals surface area contributed by atoms with Gasteiger partial charge in [-0.1, -0.05) is 182 Å². The summed E-state index contributed by atoms with van der Waals surface area (Å²) in [6.45, 7) is 0. The third-order valence-electron chi connectivity index (χ3n) is 10.5. The second-order valence-corrected chi connectivity index (χ2v) is 13.5. The molecule has 1 aromatic heterocycles. The molecule has 0 spiro atoms. The van der Waals surface area contributed by atoms with Crippen LogP contribution in [-0.4, -0.2) is 0 Å². The van der Waals surface area contributed by atoms with Crippen LogP contribution >= 0.6 is 0 Å². The van der Waals surface area contributed by atoms with Gasteiger partial charge in [-0.25, -0.2) is 0 Å². The molecule has 1 nitrogen and oxygen atoms in total. The highest BCUT2D eigenvalue weighted by Crippen LogP contribution is 2.47. The Kier molecular flexibility index (Phi) is 3.86. The molecule has 0 amide bonds. The molecule has 0 bridgehead atoms. The maximum Gasteiger partial charge on any atom is 0.136 e. The van der Waals surface area contributed by atoms with E-state index in [0.717, 1.165) is 21.9 Å². The summed E-state index contributed by atoms with van der Waals surface area (Å²) in [5, 5.41) is -1.18. The summed E-state index contributed by atoms with van der Waals surface area (Å²) in [7, 11) is 0. The monoisotopic (exact) mass is 743 g/mol. The van der Waals surface area contributed by atoms with E-state index in [1.807, 2.05) is 54.6 Å². The van der Waals surface area contributed by atoms with Gasteiger partial charge in [0, 0.05) is 10.8 Å². The molecular formula is C56H34O. The Bertz CT molecular complexity index is 4730. The van der Waals surface area contributed by atoms with Gasteiger partial charge in [-0.15, -0.1) is 0 Å². The molecule has 12 aromatic rings. The van der Waals surface area contributed by atoms with E-state index in [2.05, 4.69) is 0 Å². The van der Waals surface area contributed by atoms with E-state index in [1.54, 1.807) is 24.3 Å². The number of hydrogen-bond donors (Lipinski definition) is 0. The summed E-state index contributed by atoms with van der Waals surface area (Å²) in [6, 6.07) is 6.85. The molecule has 0 aliphatic rings. The molecule has 57 heavy (non-hydrogen) atoms. The summed E-state index contributed by atoms with van der Waals surface area (Å²) < 4.78 is 200. The fraction of sp³-hybridized carbons (Fsp3) is 0. The van der Waals surface area contributed by atoms with Crippen LogP contribution in [0.4, 0.5) is 0 Å². The van der Waals surface area contributed by atoms with Gasteiger partial charge >= 0.3 is 0 Å². The van der Waals surface area contributed by atoms with Crippen molar-refractivity contribution in [3.8, 4) is 44.5 Å². The molecule has 11 aromatic carbocycles. The zero-order valence-corrected chi connectivity index (χ0v) is 29.4. The van der Waals surface area contributed by atoms with Crippen molar-refractivity contribution < 1.29 is 33.2 Å². The van der Waals surface area contributed by atoms with Crippen LogP contribution in [0.25, 0.3) is 120 Å². The van der Waals surface area contributed by atoms with Gasteiger partial charge in [-0.3, -0.25) is 0 Å². The van der Waals surface area contributed by atoms with Crippen LogP contribution in [0.2, 0.25) is 0 Å². The predicted octanol–water partition coefficient (Wildman–Crippen LogP) is 16.0. The Morgan fingerprint density at radius 1 is 0.333 bits per heavy atom. The van der Waals surface area contributed by atoms with Crippen molar-refractivity contribution in [3.63, 3.8) is 0 Å². The maximum atomic E-state index is 9.72. The first kappa shape index (κ1) is 17.5. The molecule has 0 N–H and O–H groups in total. The third kappa shape index (κ3) is 4.89. The predicted molar refractivity (Wildman–Crippen MR) is 243 cm³/mol. The fourth-order valence-electron chi connectivity index (χ4n) is 8.04. The van der Waals surface area contributed by atoms with Gasteiger partial charge in [0.25, 0.3) is 0 Å². The normalized spacial score (nSPS) is 17.0. The number of hydrogen-bond acceptors (Lipinski definition) is 1. The second-order valence-electron chi connectivity index (χ2n) is 13.5. The lowest BCUT2D eigenvalue weighted by molar-refractivity contribution is 0.669. The van der Waals surface area contributed by atoms with Crippen LogP contribution in [0.3, 0.4) is 0 Å². The highest BCUT2D eigenvalue weighted by molar-refractivity contribution is 6.24. The van der Waals surface area contributed by atoms with E-state index < -0.39 is 187 Å². The van der Waals surface area contributed by atoms with Crippen molar-refractivity contribution in [3.05, 3.63) is 206 Å². The van der Waals surface area contributed by atoms with E-state index in [9.17, 15) is 16.4 Å². The molecule has 0 atom stereocenters. The van der Waals surface area contributed by atoms with Crippen LogP contribution < -0.4 is 0 Å². The largest absolute Gasteiger partial charge is 0.456 e. The Hall–Kier alpha value is -7.48. The molecule has 0 aliphatic heterocycles. The van der Waals surface area contributed by atoms with Gasteiger partial charge in [0.05, 0.1) is 28.8 Å². The van der Waals surface area contributed by atoms with E-state index in [0.29, 0.717) is 21.9 Å². The second kappa shape index (κ2) is 12.5. The summed E-state index contributed by atoms with van der Waals surface area (Å²) >= 11 is 0. The molecule has 12 rings (SSSR count). The SMILES string of the molecule is [2H]c1c([2H])c([2H])c2c([2H])c(-c3c4c([2H])c([2H])c([2H])c([2H])c4c(-c4c([2H])c([2H])c([2H])c5c(-c6ccc7oc8cccc(-c9cccc%10ccccc9%10)c8c7c6)c([2H])c([2H])c([2H])c45)c4c([2H])c([2H])c([2H])c([2H])c34)c([2H])c([2H])c2c1[2H]. The molecule has 0 unspecified atom stereocenters. The molecule has 264 valence electrons. The lowest BCUT2D eigenvalue weighted by Gasteiger charge is -2.19. The summed E-state index contributed by atoms with van der Waals surface area (Å²) in [6.07, 6.45) is 0. The standard InChI is InChI=1S/C56H34O/c1-2-15-37-33-39(30-29-35(37)13-1)54-47-18-5-7-20-49(47)55(50-21-8-6-19-48(50)54)45-26-11-24-42-41(22-10-25-44(42)45)38-31-32-52-51(34-38)56-46(27-12-28-53(56)57-52)43-23-9-16-36-14-3-4-17-40(36)43/h1-34H/i1D,2D,5D,6D,7D,8D,10D,11D,13D,15D,18D,19D,20D,21D,22D,24D,25D,26D,29D,30D,33D. The minimum absolute atomic E-state index is 0.153. The summed E-state index contributed by atoms with van der Waals surface area (Å²) in [4.78, 5) is 0. The molecule has 0 radical (unpaired) electrons. The Morgan fingerprint density at radius 3 is 1.77 bits per heavy atom. The highest BCUT2D eigenvalue weighted by Gasteiger charge is 2.20. The van der Waals surface area contributed by atoms with Gasteiger partial charge in [0.15, 0.2) is 0 Å². The van der Waals surface area contributed by atoms with Crippen LogP contribution in [0.15, 0.2) is 210 Å². The Balaban J connectivity index is 1.28. The van der Waals surface area contributed by atoms with E-state index in [4.69, 9.17) is 16.8 Å². The Labute approximate surface area is 359 Å². The molecule has 1 heteroatoms. The highest BCUT2D eigenvalue weighted by atomic mass is 16.3. The van der Waals surface area contributed by atoms with Gasteiger partial charge < -0.3 is 4.42 Å². The van der Waals surface area contributed by atoms with E-state index in [1.165, 1.54) is 0 Å². The van der Waals surface area contributed by atoms with Gasteiger partial charge in [0.1, 0.15) is 11.2 Å². The topological polar surface area (TPSA) is 13.1 Å². The van der Waals surface area contributed by atoms with Crippen molar-refractivity contribution in [1.29, 1.82) is 0 Å². The maximum absolute atomic E-state index is 9.72. The molecule has 1 heterocycles. The van der Waals surface area contributed by atoms with Crippen LogP contribution in [0, 0.1) is 0 Å². The first-order chi connectivity index (χ1) is 37.0. The fourth-order valence-corrected chi connectivity index (χ4v) is 8.04. The quantitative estimate of drug-likeness (QED) is 0.164. The van der Waals surface area contributed by atoms with E-state index >= 15 is 0 Å². The summed E-state index contributed by atoms with van der Waals surface area (Å²) in [5.41, 5.74) is 0.204. The van der Waals surface area contributed by atoms with Crippen molar-refractivity contribution in [2.45, 2.75) is 0 Å². The molecule has 0 saturated carbocycles. The first-order valence-electron chi connectivity index (χ1n) is 28.5. The van der Waals surface area contributed by atoms with Crippen molar-refractivity contribution in [2.75, 3.05) is 0 Å². The first-order valence-corrected chi connectivity index (χ1v) is 18.0. The lowest BCUT2D eigenvalue weighted by Crippen LogP contribution is -1.92. The minimum Gasteiger partial charge on any atom is -0.456 e. The van der Waals surface area contributed by atoms with Crippen LogP contribution in [-0.2, 0) is 0 Å². The average molecular weight is 744 g/mol.